The first kappa shape index (κ1) is 21.9. The minimum absolute atomic E-state index is 0.0295. The summed E-state index contributed by atoms with van der Waals surface area (Å²) < 4.78 is 12.0. The van der Waals surface area contributed by atoms with Crippen LogP contribution in [0.3, 0.4) is 0 Å². The standard InChI is InChI=1S/C20H42O2/c1-9-10-11-12-13-14-15-18(16-17(2)3)20(21-7,22-8)19(4,5)6/h17-18H,9-16H2,1-8H3. The zero-order chi connectivity index (χ0) is 17.2. The minimum atomic E-state index is -0.485. The smallest absolute Gasteiger partial charge is 0.175 e. The molecule has 0 saturated carbocycles. The van der Waals surface area contributed by atoms with Crippen LogP contribution in [-0.4, -0.2) is 20.0 Å². The van der Waals surface area contributed by atoms with Gasteiger partial charge in [-0.05, 0) is 18.8 Å². The average molecular weight is 315 g/mol. The molecule has 0 spiro atoms. The summed E-state index contributed by atoms with van der Waals surface area (Å²) in [4.78, 5) is 0. The second kappa shape index (κ2) is 10.6. The first-order valence-electron chi connectivity index (χ1n) is 9.35. The number of methoxy groups -OCH3 is 2. The van der Waals surface area contributed by atoms with Gasteiger partial charge >= 0.3 is 0 Å². The van der Waals surface area contributed by atoms with Gasteiger partial charge in [-0.15, -0.1) is 0 Å². The molecule has 0 N–H and O–H groups in total. The first-order valence-corrected chi connectivity index (χ1v) is 9.35. The van der Waals surface area contributed by atoms with Gasteiger partial charge in [0.05, 0.1) is 0 Å². The summed E-state index contributed by atoms with van der Waals surface area (Å²) in [5.41, 5.74) is -0.0295. The summed E-state index contributed by atoms with van der Waals surface area (Å²) in [6.45, 7) is 13.6. The van der Waals surface area contributed by atoms with Gasteiger partial charge in [-0.25, -0.2) is 0 Å². The lowest BCUT2D eigenvalue weighted by atomic mass is 9.72. The summed E-state index contributed by atoms with van der Waals surface area (Å²) >= 11 is 0. The molecule has 0 fully saturated rings. The Labute approximate surface area is 140 Å². The maximum atomic E-state index is 5.99. The van der Waals surface area contributed by atoms with Gasteiger partial charge in [0.1, 0.15) is 0 Å². The zero-order valence-corrected chi connectivity index (χ0v) is 16.6. The van der Waals surface area contributed by atoms with E-state index in [1.165, 1.54) is 44.9 Å². The molecule has 1 unspecified atom stereocenters. The monoisotopic (exact) mass is 314 g/mol. The molecule has 0 aromatic carbocycles. The summed E-state index contributed by atoms with van der Waals surface area (Å²) in [5, 5.41) is 0. The number of hydrogen-bond acceptors (Lipinski definition) is 2. The van der Waals surface area contributed by atoms with E-state index in [2.05, 4.69) is 41.5 Å². The van der Waals surface area contributed by atoms with Crippen LogP contribution in [0.1, 0.15) is 92.9 Å². The molecule has 0 saturated heterocycles. The van der Waals surface area contributed by atoms with Crippen molar-refractivity contribution in [2.24, 2.45) is 17.3 Å². The second-order valence-corrected chi connectivity index (χ2v) is 8.21. The van der Waals surface area contributed by atoms with E-state index in [0.717, 1.165) is 6.42 Å². The van der Waals surface area contributed by atoms with Gasteiger partial charge in [0.25, 0.3) is 0 Å². The molecule has 2 heteroatoms. The Morgan fingerprint density at radius 1 is 0.818 bits per heavy atom. The van der Waals surface area contributed by atoms with Crippen molar-refractivity contribution in [1.29, 1.82) is 0 Å². The second-order valence-electron chi connectivity index (χ2n) is 8.21. The SMILES string of the molecule is CCCCCCCCC(CC(C)C)C(OC)(OC)C(C)(C)C. The summed E-state index contributed by atoms with van der Waals surface area (Å²) in [7, 11) is 3.62. The molecule has 0 bridgehead atoms. The van der Waals surface area contributed by atoms with Crippen molar-refractivity contribution in [3.8, 4) is 0 Å². The van der Waals surface area contributed by atoms with Crippen LogP contribution in [0.25, 0.3) is 0 Å². The number of hydrogen-bond donors (Lipinski definition) is 0. The highest BCUT2D eigenvalue weighted by Gasteiger charge is 2.48. The van der Waals surface area contributed by atoms with E-state index in [1.807, 2.05) is 14.2 Å². The molecule has 0 heterocycles. The molecular formula is C20H42O2. The number of unbranched alkanes of at least 4 members (excludes halogenated alkanes) is 5. The third kappa shape index (κ3) is 6.58. The quantitative estimate of drug-likeness (QED) is 0.305. The summed E-state index contributed by atoms with van der Waals surface area (Å²) in [6.07, 6.45) is 10.4. The van der Waals surface area contributed by atoms with E-state index < -0.39 is 5.79 Å². The highest BCUT2D eigenvalue weighted by Crippen LogP contribution is 2.44. The Balaban J connectivity index is 4.79. The summed E-state index contributed by atoms with van der Waals surface area (Å²) in [6, 6.07) is 0. The Bertz CT molecular complexity index is 261. The van der Waals surface area contributed by atoms with Crippen molar-refractivity contribution in [2.45, 2.75) is 98.7 Å². The van der Waals surface area contributed by atoms with Gasteiger partial charge in [0, 0.05) is 25.6 Å². The van der Waals surface area contributed by atoms with Crippen molar-refractivity contribution in [1.82, 2.24) is 0 Å². The van der Waals surface area contributed by atoms with Crippen molar-refractivity contribution in [3.63, 3.8) is 0 Å². The first-order chi connectivity index (χ1) is 10.2. The van der Waals surface area contributed by atoms with Gasteiger partial charge in [0.2, 0.25) is 0 Å². The molecule has 134 valence electrons. The largest absolute Gasteiger partial charge is 0.352 e. The number of rotatable bonds is 12. The van der Waals surface area contributed by atoms with E-state index in [-0.39, 0.29) is 5.41 Å². The zero-order valence-electron chi connectivity index (χ0n) is 16.6. The molecule has 0 aromatic rings. The predicted octanol–water partition coefficient (Wildman–Crippen LogP) is 6.43. The third-order valence-electron chi connectivity index (χ3n) is 4.85. The van der Waals surface area contributed by atoms with E-state index in [1.54, 1.807) is 0 Å². The summed E-state index contributed by atoms with van der Waals surface area (Å²) in [5.74, 6) is 0.631. The normalized spacial score (nSPS) is 14.6. The van der Waals surface area contributed by atoms with Gasteiger partial charge in [-0.1, -0.05) is 80.1 Å². The maximum absolute atomic E-state index is 5.99. The lowest BCUT2D eigenvalue weighted by Gasteiger charge is -2.48. The van der Waals surface area contributed by atoms with Crippen LogP contribution in [0, 0.1) is 17.3 Å². The van der Waals surface area contributed by atoms with Crippen LogP contribution >= 0.6 is 0 Å². The lowest BCUT2D eigenvalue weighted by molar-refractivity contribution is -0.297. The molecular weight excluding hydrogens is 272 g/mol. The van der Waals surface area contributed by atoms with Gasteiger partial charge in [0.15, 0.2) is 5.79 Å². The van der Waals surface area contributed by atoms with Gasteiger partial charge in [-0.3, -0.25) is 0 Å². The molecule has 0 rings (SSSR count). The van der Waals surface area contributed by atoms with E-state index in [4.69, 9.17) is 9.47 Å². The molecule has 22 heavy (non-hydrogen) atoms. The van der Waals surface area contributed by atoms with Crippen molar-refractivity contribution < 1.29 is 9.47 Å². The molecule has 0 radical (unpaired) electrons. The molecule has 0 aliphatic carbocycles. The molecule has 0 aliphatic rings. The lowest BCUT2D eigenvalue weighted by Crippen LogP contribution is -2.53. The highest BCUT2D eigenvalue weighted by atomic mass is 16.7. The van der Waals surface area contributed by atoms with Crippen molar-refractivity contribution >= 4 is 0 Å². The Kier molecular flexibility index (Phi) is 10.6. The van der Waals surface area contributed by atoms with Crippen molar-refractivity contribution in [2.75, 3.05) is 14.2 Å². The Morgan fingerprint density at radius 3 is 1.73 bits per heavy atom. The van der Waals surface area contributed by atoms with Crippen LogP contribution in [0.5, 0.6) is 0 Å². The van der Waals surface area contributed by atoms with Gasteiger partial charge < -0.3 is 9.47 Å². The topological polar surface area (TPSA) is 18.5 Å². The molecule has 0 amide bonds. The maximum Gasteiger partial charge on any atom is 0.175 e. The Morgan fingerprint density at radius 2 is 1.32 bits per heavy atom. The van der Waals surface area contributed by atoms with Crippen LogP contribution in [0.4, 0.5) is 0 Å². The highest BCUT2D eigenvalue weighted by molar-refractivity contribution is 4.90. The van der Waals surface area contributed by atoms with Crippen LogP contribution < -0.4 is 0 Å². The molecule has 0 aromatic heterocycles. The fraction of sp³-hybridized carbons (Fsp3) is 1.00. The minimum Gasteiger partial charge on any atom is -0.352 e. The predicted molar refractivity (Wildman–Crippen MR) is 97.1 cm³/mol. The van der Waals surface area contributed by atoms with E-state index in [0.29, 0.717) is 11.8 Å². The average Bonchev–Trinajstić information content (AvgIpc) is 2.42. The molecule has 1 atom stereocenters. The van der Waals surface area contributed by atoms with Crippen LogP contribution in [-0.2, 0) is 9.47 Å². The fourth-order valence-corrected chi connectivity index (χ4v) is 3.84. The number of ether oxygens (including phenoxy) is 2. The van der Waals surface area contributed by atoms with Crippen LogP contribution in [0.2, 0.25) is 0 Å². The Hall–Kier alpha value is -0.0800. The van der Waals surface area contributed by atoms with Crippen LogP contribution in [0.15, 0.2) is 0 Å². The van der Waals surface area contributed by atoms with E-state index in [9.17, 15) is 0 Å². The van der Waals surface area contributed by atoms with Crippen molar-refractivity contribution in [3.05, 3.63) is 0 Å². The van der Waals surface area contributed by atoms with E-state index >= 15 is 0 Å². The third-order valence-corrected chi connectivity index (χ3v) is 4.85. The molecule has 0 aliphatic heterocycles. The van der Waals surface area contributed by atoms with Gasteiger partial charge in [-0.2, -0.15) is 0 Å². The fourth-order valence-electron chi connectivity index (χ4n) is 3.84. The molecule has 2 nitrogen and oxygen atoms in total.